The van der Waals surface area contributed by atoms with Crippen molar-refractivity contribution >= 4 is 11.9 Å². The van der Waals surface area contributed by atoms with Crippen molar-refractivity contribution in [3.63, 3.8) is 0 Å². The average molecular weight is 213 g/mol. The summed E-state index contributed by atoms with van der Waals surface area (Å²) in [5, 5.41) is 11.6. The predicted octanol–water partition coefficient (Wildman–Crippen LogP) is 1.40. The Kier molecular flexibility index (Phi) is 4.59. The van der Waals surface area contributed by atoms with Crippen LogP contribution >= 0.6 is 0 Å². The first-order valence-corrected chi connectivity index (χ1v) is 5.64. The molecule has 1 aliphatic rings. The molecule has 4 nitrogen and oxygen atoms in total. The average Bonchev–Trinajstić information content (AvgIpc) is 2.18. The fourth-order valence-electron chi connectivity index (χ4n) is 2.09. The SMILES string of the molecule is CCCCCC1CC(=O)NCC1C(=O)O. The largest absolute Gasteiger partial charge is 0.481 e. The van der Waals surface area contributed by atoms with Crippen LogP contribution < -0.4 is 5.32 Å². The van der Waals surface area contributed by atoms with E-state index in [4.69, 9.17) is 5.11 Å². The number of unbranched alkanes of at least 4 members (excludes halogenated alkanes) is 2. The molecule has 1 aliphatic heterocycles. The van der Waals surface area contributed by atoms with Gasteiger partial charge in [-0.1, -0.05) is 26.2 Å². The maximum absolute atomic E-state index is 11.2. The second-order valence-electron chi connectivity index (χ2n) is 4.21. The molecule has 0 bridgehead atoms. The topological polar surface area (TPSA) is 66.4 Å². The summed E-state index contributed by atoms with van der Waals surface area (Å²) in [5.41, 5.74) is 0. The lowest BCUT2D eigenvalue weighted by Gasteiger charge is -2.28. The van der Waals surface area contributed by atoms with Crippen LogP contribution in [0, 0.1) is 11.8 Å². The van der Waals surface area contributed by atoms with Crippen LogP contribution in [0.3, 0.4) is 0 Å². The Morgan fingerprint density at radius 2 is 2.27 bits per heavy atom. The summed E-state index contributed by atoms with van der Waals surface area (Å²) in [6, 6.07) is 0. The molecule has 1 saturated heterocycles. The van der Waals surface area contributed by atoms with Crippen LogP contribution in [0.5, 0.6) is 0 Å². The molecular weight excluding hydrogens is 194 g/mol. The molecule has 0 aromatic heterocycles. The maximum atomic E-state index is 11.2. The number of aliphatic carboxylic acids is 1. The minimum atomic E-state index is -0.781. The van der Waals surface area contributed by atoms with Crippen LogP contribution in [0.1, 0.15) is 39.0 Å². The second-order valence-corrected chi connectivity index (χ2v) is 4.21. The molecule has 1 heterocycles. The fourth-order valence-corrected chi connectivity index (χ4v) is 2.09. The number of carboxylic acid groups (broad SMARTS) is 1. The van der Waals surface area contributed by atoms with E-state index in [1.807, 2.05) is 0 Å². The van der Waals surface area contributed by atoms with E-state index >= 15 is 0 Å². The molecule has 1 amide bonds. The molecule has 0 aromatic rings. The van der Waals surface area contributed by atoms with E-state index in [1.165, 1.54) is 0 Å². The van der Waals surface area contributed by atoms with E-state index < -0.39 is 5.97 Å². The zero-order chi connectivity index (χ0) is 11.3. The number of carbonyl (C=O) groups is 2. The van der Waals surface area contributed by atoms with E-state index in [0.717, 1.165) is 25.7 Å². The van der Waals surface area contributed by atoms with Crippen molar-refractivity contribution in [1.29, 1.82) is 0 Å². The first-order valence-electron chi connectivity index (χ1n) is 5.64. The lowest BCUT2D eigenvalue weighted by molar-refractivity contribution is -0.145. The van der Waals surface area contributed by atoms with Gasteiger partial charge in [-0.3, -0.25) is 9.59 Å². The van der Waals surface area contributed by atoms with Crippen molar-refractivity contribution < 1.29 is 14.7 Å². The molecule has 0 aromatic carbocycles. The fraction of sp³-hybridized carbons (Fsp3) is 0.818. The molecule has 2 unspecified atom stereocenters. The van der Waals surface area contributed by atoms with Crippen LogP contribution in [-0.2, 0) is 9.59 Å². The highest BCUT2D eigenvalue weighted by molar-refractivity contribution is 5.80. The van der Waals surface area contributed by atoms with Crippen molar-refractivity contribution in [3.05, 3.63) is 0 Å². The Bertz CT molecular complexity index is 240. The van der Waals surface area contributed by atoms with Crippen molar-refractivity contribution in [2.24, 2.45) is 11.8 Å². The number of carboxylic acids is 1. The molecular formula is C11H19NO3. The molecule has 86 valence electrons. The van der Waals surface area contributed by atoms with Gasteiger partial charge in [-0.05, 0) is 12.3 Å². The zero-order valence-electron chi connectivity index (χ0n) is 9.16. The first kappa shape index (κ1) is 12.0. The Labute approximate surface area is 90.0 Å². The van der Waals surface area contributed by atoms with Crippen LogP contribution in [0.25, 0.3) is 0 Å². The summed E-state index contributed by atoms with van der Waals surface area (Å²) in [7, 11) is 0. The van der Waals surface area contributed by atoms with Crippen molar-refractivity contribution in [2.45, 2.75) is 39.0 Å². The summed E-state index contributed by atoms with van der Waals surface area (Å²) in [4.78, 5) is 22.1. The summed E-state index contributed by atoms with van der Waals surface area (Å²) >= 11 is 0. The first-order chi connectivity index (χ1) is 7.15. The van der Waals surface area contributed by atoms with Gasteiger partial charge in [0.25, 0.3) is 0 Å². The lowest BCUT2D eigenvalue weighted by Crippen LogP contribution is -2.44. The highest BCUT2D eigenvalue weighted by Crippen LogP contribution is 2.25. The molecule has 1 rings (SSSR count). The molecule has 2 N–H and O–H groups in total. The molecule has 1 fully saturated rings. The Morgan fingerprint density at radius 3 is 2.87 bits per heavy atom. The van der Waals surface area contributed by atoms with Crippen molar-refractivity contribution in [3.8, 4) is 0 Å². The van der Waals surface area contributed by atoms with Gasteiger partial charge in [0.15, 0.2) is 0 Å². The minimum absolute atomic E-state index is 0.00556. The standard InChI is InChI=1S/C11H19NO3/c1-2-3-4-5-8-6-10(13)12-7-9(8)11(14)15/h8-9H,2-7H2,1H3,(H,12,13)(H,14,15). The van der Waals surface area contributed by atoms with Gasteiger partial charge in [-0.15, -0.1) is 0 Å². The summed E-state index contributed by atoms with van der Waals surface area (Å²) < 4.78 is 0. The molecule has 0 radical (unpaired) electrons. The molecule has 4 heteroatoms. The molecule has 0 saturated carbocycles. The van der Waals surface area contributed by atoms with Crippen molar-refractivity contribution in [1.82, 2.24) is 5.32 Å². The van der Waals surface area contributed by atoms with Crippen LogP contribution in [0.2, 0.25) is 0 Å². The Hall–Kier alpha value is -1.06. The quantitative estimate of drug-likeness (QED) is 0.678. The Morgan fingerprint density at radius 1 is 1.53 bits per heavy atom. The maximum Gasteiger partial charge on any atom is 0.308 e. The lowest BCUT2D eigenvalue weighted by atomic mass is 9.82. The molecule has 0 aliphatic carbocycles. The van der Waals surface area contributed by atoms with E-state index in [-0.39, 0.29) is 17.7 Å². The van der Waals surface area contributed by atoms with Gasteiger partial charge in [-0.25, -0.2) is 0 Å². The van der Waals surface area contributed by atoms with Gasteiger partial charge in [0.1, 0.15) is 0 Å². The normalized spacial score (nSPS) is 26.1. The van der Waals surface area contributed by atoms with Gasteiger partial charge in [0.05, 0.1) is 5.92 Å². The number of piperidine rings is 1. The van der Waals surface area contributed by atoms with Crippen molar-refractivity contribution in [2.75, 3.05) is 6.54 Å². The number of nitrogens with one attached hydrogen (secondary N) is 1. The van der Waals surface area contributed by atoms with Gasteiger partial charge in [0, 0.05) is 13.0 Å². The number of hydrogen-bond donors (Lipinski definition) is 2. The smallest absolute Gasteiger partial charge is 0.308 e. The molecule has 0 spiro atoms. The Balaban J connectivity index is 2.46. The number of rotatable bonds is 5. The number of amides is 1. The number of hydrogen-bond acceptors (Lipinski definition) is 2. The van der Waals surface area contributed by atoms with Crippen LogP contribution in [0.15, 0.2) is 0 Å². The monoisotopic (exact) mass is 213 g/mol. The number of carbonyl (C=O) groups excluding carboxylic acids is 1. The van der Waals surface area contributed by atoms with Gasteiger partial charge >= 0.3 is 5.97 Å². The predicted molar refractivity (Wildman–Crippen MR) is 56.4 cm³/mol. The third-order valence-corrected chi connectivity index (χ3v) is 3.03. The van der Waals surface area contributed by atoms with E-state index in [9.17, 15) is 9.59 Å². The van der Waals surface area contributed by atoms with Crippen LogP contribution in [-0.4, -0.2) is 23.5 Å². The summed E-state index contributed by atoms with van der Waals surface area (Å²) in [6.45, 7) is 2.41. The van der Waals surface area contributed by atoms with E-state index in [0.29, 0.717) is 13.0 Å². The molecule has 2 atom stereocenters. The van der Waals surface area contributed by atoms with E-state index in [1.54, 1.807) is 0 Å². The van der Waals surface area contributed by atoms with E-state index in [2.05, 4.69) is 12.2 Å². The van der Waals surface area contributed by atoms with Gasteiger partial charge in [-0.2, -0.15) is 0 Å². The highest BCUT2D eigenvalue weighted by atomic mass is 16.4. The highest BCUT2D eigenvalue weighted by Gasteiger charge is 2.33. The minimum Gasteiger partial charge on any atom is -0.481 e. The van der Waals surface area contributed by atoms with Crippen LogP contribution in [0.4, 0.5) is 0 Å². The third-order valence-electron chi connectivity index (χ3n) is 3.03. The second kappa shape index (κ2) is 5.73. The third kappa shape index (κ3) is 3.53. The van der Waals surface area contributed by atoms with Gasteiger partial charge in [0.2, 0.25) is 5.91 Å². The summed E-state index contributed by atoms with van der Waals surface area (Å²) in [5.74, 6) is -1.15. The molecule has 15 heavy (non-hydrogen) atoms. The zero-order valence-corrected chi connectivity index (χ0v) is 9.16. The van der Waals surface area contributed by atoms with Gasteiger partial charge < -0.3 is 10.4 Å². The summed E-state index contributed by atoms with van der Waals surface area (Å²) in [6.07, 6.45) is 4.50.